The van der Waals surface area contributed by atoms with Crippen molar-refractivity contribution in [3.8, 4) is 0 Å². The summed E-state index contributed by atoms with van der Waals surface area (Å²) in [6.45, 7) is 4.42. The van der Waals surface area contributed by atoms with E-state index in [4.69, 9.17) is 0 Å². The van der Waals surface area contributed by atoms with Gasteiger partial charge < -0.3 is 9.66 Å². The predicted octanol–water partition coefficient (Wildman–Crippen LogP) is 3.72. The zero-order valence-electron chi connectivity index (χ0n) is 19.7. The molecule has 0 fully saturated rings. The second kappa shape index (κ2) is 22.7. The van der Waals surface area contributed by atoms with Gasteiger partial charge in [-0.05, 0) is 12.8 Å². The molecule has 0 spiro atoms. The summed E-state index contributed by atoms with van der Waals surface area (Å²) >= 11 is 0. The van der Waals surface area contributed by atoms with Crippen LogP contribution < -0.4 is 51.4 Å². The second-order valence-electron chi connectivity index (χ2n) is 8.48. The van der Waals surface area contributed by atoms with Crippen LogP contribution in [0.2, 0.25) is 0 Å². The van der Waals surface area contributed by atoms with Gasteiger partial charge in [-0.3, -0.25) is 0 Å². The molecule has 0 aromatic carbocycles. The SMILES string of the molecule is CCCCCCCCCCCC(C(O)CCCCCCCCCC)S(=O)(=O)[O-].[K+]. The monoisotopic (exact) mass is 458 g/mol. The largest absolute Gasteiger partial charge is 1.00 e. The van der Waals surface area contributed by atoms with Crippen molar-refractivity contribution in [2.75, 3.05) is 0 Å². The summed E-state index contributed by atoms with van der Waals surface area (Å²) in [5, 5.41) is 9.14. The van der Waals surface area contributed by atoms with Crippen LogP contribution in [0, 0.1) is 0 Å². The van der Waals surface area contributed by atoms with Gasteiger partial charge >= 0.3 is 51.4 Å². The van der Waals surface area contributed by atoms with E-state index in [-0.39, 0.29) is 51.4 Å². The van der Waals surface area contributed by atoms with Crippen LogP contribution in [0.5, 0.6) is 0 Å². The molecule has 2 unspecified atom stereocenters. The van der Waals surface area contributed by atoms with E-state index in [1.807, 2.05) is 0 Å². The number of hydrogen-bond donors (Lipinski definition) is 1. The summed E-state index contributed by atoms with van der Waals surface area (Å²) in [6.07, 6.45) is 19.3. The Labute approximate surface area is 224 Å². The van der Waals surface area contributed by atoms with Gasteiger partial charge in [-0.25, -0.2) is 8.42 Å². The third-order valence-corrected chi connectivity index (χ3v) is 7.04. The molecule has 0 rings (SSSR count). The average Bonchev–Trinajstić information content (AvgIpc) is 2.64. The van der Waals surface area contributed by atoms with E-state index in [0.717, 1.165) is 38.5 Å². The van der Waals surface area contributed by atoms with Gasteiger partial charge in [0.05, 0.1) is 11.4 Å². The Kier molecular flexibility index (Phi) is 25.6. The van der Waals surface area contributed by atoms with Crippen molar-refractivity contribution in [3.05, 3.63) is 0 Å². The van der Waals surface area contributed by atoms with Gasteiger partial charge in [0, 0.05) is 0 Å². The van der Waals surface area contributed by atoms with Gasteiger partial charge in [-0.2, -0.15) is 0 Å². The maximum absolute atomic E-state index is 11.6. The molecule has 0 radical (unpaired) electrons. The van der Waals surface area contributed by atoms with Crippen LogP contribution in [-0.4, -0.2) is 29.4 Å². The number of aliphatic hydroxyl groups is 1. The van der Waals surface area contributed by atoms with Gasteiger partial charge in [0.1, 0.15) is 10.1 Å². The van der Waals surface area contributed by atoms with E-state index in [1.165, 1.54) is 70.6 Å². The van der Waals surface area contributed by atoms with E-state index in [9.17, 15) is 18.1 Å². The Balaban J connectivity index is 0. The van der Waals surface area contributed by atoms with Gasteiger partial charge in [0.25, 0.3) is 0 Å². The van der Waals surface area contributed by atoms with E-state index in [1.54, 1.807) is 0 Å². The van der Waals surface area contributed by atoms with Crippen molar-refractivity contribution in [3.63, 3.8) is 0 Å². The molecule has 2 atom stereocenters. The predicted molar refractivity (Wildman–Crippen MR) is 119 cm³/mol. The van der Waals surface area contributed by atoms with Crippen molar-refractivity contribution in [2.45, 2.75) is 147 Å². The van der Waals surface area contributed by atoms with Crippen LogP contribution in [0.15, 0.2) is 0 Å². The van der Waals surface area contributed by atoms with Crippen molar-refractivity contribution < 1.29 is 69.5 Å². The Morgan fingerprint density at radius 1 is 0.621 bits per heavy atom. The summed E-state index contributed by atoms with van der Waals surface area (Å²) in [5.74, 6) is 0. The molecule has 4 nitrogen and oxygen atoms in total. The van der Waals surface area contributed by atoms with Crippen LogP contribution in [-0.2, 0) is 10.1 Å². The second-order valence-corrected chi connectivity index (χ2v) is 10.1. The summed E-state index contributed by atoms with van der Waals surface area (Å²) in [6, 6.07) is 0. The first-order valence-corrected chi connectivity index (χ1v) is 13.5. The smallest absolute Gasteiger partial charge is 0.748 e. The fourth-order valence-electron chi connectivity index (χ4n) is 3.86. The fourth-order valence-corrected chi connectivity index (χ4v) is 4.83. The van der Waals surface area contributed by atoms with Gasteiger partial charge in [-0.1, -0.05) is 123 Å². The van der Waals surface area contributed by atoms with Crippen molar-refractivity contribution in [1.29, 1.82) is 0 Å². The molecule has 170 valence electrons. The summed E-state index contributed by atoms with van der Waals surface area (Å²) in [5.41, 5.74) is 0. The maximum Gasteiger partial charge on any atom is 1.00 e. The molecule has 0 aliphatic carbocycles. The van der Waals surface area contributed by atoms with E-state index in [2.05, 4.69) is 13.8 Å². The van der Waals surface area contributed by atoms with Gasteiger partial charge in [-0.15, -0.1) is 0 Å². The number of aliphatic hydroxyl groups excluding tert-OH is 1. The third-order valence-electron chi connectivity index (χ3n) is 5.75. The van der Waals surface area contributed by atoms with Crippen molar-refractivity contribution in [2.24, 2.45) is 0 Å². The summed E-state index contributed by atoms with van der Waals surface area (Å²) in [4.78, 5) is 0. The van der Waals surface area contributed by atoms with Crippen LogP contribution in [0.1, 0.15) is 136 Å². The Bertz CT molecular complexity index is 429. The van der Waals surface area contributed by atoms with Crippen molar-refractivity contribution >= 4 is 10.1 Å². The standard InChI is InChI=1S/C23H48O4S.K/c1-3-5-7-9-11-13-15-17-19-21-23(28(25,26)27)22(24)20-18-16-14-12-10-8-6-4-2;/h22-24H,3-21H2,1-2H3,(H,25,26,27);/q;+1/p-1. The fraction of sp³-hybridized carbons (Fsp3) is 1.00. The van der Waals surface area contributed by atoms with Gasteiger partial charge in [0.2, 0.25) is 0 Å². The molecule has 6 heteroatoms. The Morgan fingerprint density at radius 3 is 1.28 bits per heavy atom. The number of unbranched alkanes of at least 4 members (excludes halogenated alkanes) is 15. The zero-order valence-corrected chi connectivity index (χ0v) is 23.6. The summed E-state index contributed by atoms with van der Waals surface area (Å²) in [7, 11) is -4.43. The number of hydrogen-bond acceptors (Lipinski definition) is 4. The minimum Gasteiger partial charge on any atom is -0.748 e. The Morgan fingerprint density at radius 2 is 0.931 bits per heavy atom. The normalized spacial score (nSPS) is 13.8. The maximum atomic E-state index is 11.6. The molecule has 0 heterocycles. The van der Waals surface area contributed by atoms with E-state index >= 15 is 0 Å². The molecule has 0 aromatic rings. The molecule has 0 saturated heterocycles. The quantitative estimate of drug-likeness (QED) is 0.162. The van der Waals surface area contributed by atoms with Crippen molar-refractivity contribution in [1.82, 2.24) is 0 Å². The molecule has 0 amide bonds. The molecule has 0 aromatic heterocycles. The first-order valence-electron chi connectivity index (χ1n) is 12.1. The molecular formula is C23H47KO4S. The van der Waals surface area contributed by atoms with Crippen LogP contribution in [0.4, 0.5) is 0 Å². The van der Waals surface area contributed by atoms with Crippen LogP contribution in [0.25, 0.3) is 0 Å². The minimum atomic E-state index is -4.43. The molecule has 0 bridgehead atoms. The molecule has 0 aliphatic heterocycles. The molecular weight excluding hydrogens is 411 g/mol. The van der Waals surface area contributed by atoms with E-state index in [0.29, 0.717) is 12.8 Å². The first-order chi connectivity index (χ1) is 13.4. The average molecular weight is 459 g/mol. The summed E-state index contributed by atoms with van der Waals surface area (Å²) < 4.78 is 34.7. The molecule has 29 heavy (non-hydrogen) atoms. The molecule has 1 N–H and O–H groups in total. The Hall–Kier alpha value is 1.51. The van der Waals surface area contributed by atoms with E-state index < -0.39 is 21.5 Å². The van der Waals surface area contributed by atoms with Gasteiger partial charge in [0.15, 0.2) is 0 Å². The number of rotatable bonds is 21. The molecule has 0 saturated carbocycles. The third kappa shape index (κ3) is 21.1. The molecule has 0 aliphatic rings. The zero-order chi connectivity index (χ0) is 21.1. The minimum absolute atomic E-state index is 0. The van der Waals surface area contributed by atoms with Crippen LogP contribution in [0.3, 0.4) is 0 Å². The first kappa shape index (κ1) is 32.7. The topological polar surface area (TPSA) is 77.4 Å². The van der Waals surface area contributed by atoms with Crippen LogP contribution >= 0.6 is 0 Å².